The van der Waals surface area contributed by atoms with E-state index in [2.05, 4.69) is 22.5 Å². The summed E-state index contributed by atoms with van der Waals surface area (Å²) in [7, 11) is 0. The number of pyridine rings is 1. The molecule has 1 amide bonds. The summed E-state index contributed by atoms with van der Waals surface area (Å²) in [6, 6.07) is 7.67. The first-order valence-corrected chi connectivity index (χ1v) is 7.64. The molecule has 2 aromatic rings. The second kappa shape index (κ2) is 7.35. The molecule has 6 heteroatoms. The Morgan fingerprint density at radius 1 is 1.33 bits per heavy atom. The van der Waals surface area contributed by atoms with Crippen molar-refractivity contribution in [2.24, 2.45) is 0 Å². The normalized spacial score (nSPS) is 10.2. The average molecular weight is 399 g/mol. The largest absolute Gasteiger partial charge is 0.384 e. The first kappa shape index (κ1) is 15.7. The maximum Gasteiger partial charge on any atom is 0.274 e. The molecule has 0 aliphatic heterocycles. The summed E-state index contributed by atoms with van der Waals surface area (Å²) in [5.74, 6) is -0.650. The molecule has 0 bridgehead atoms. The van der Waals surface area contributed by atoms with E-state index in [1.165, 1.54) is 18.2 Å². The third-order valence-corrected chi connectivity index (χ3v) is 3.65. The summed E-state index contributed by atoms with van der Waals surface area (Å²) in [5.41, 5.74) is 1.76. The fourth-order valence-electron chi connectivity index (χ4n) is 1.68. The van der Waals surface area contributed by atoms with Gasteiger partial charge in [0.05, 0.1) is 17.6 Å². The molecule has 110 valence electrons. The van der Waals surface area contributed by atoms with Gasteiger partial charge >= 0.3 is 0 Å². The van der Waals surface area contributed by atoms with Gasteiger partial charge in [0.2, 0.25) is 0 Å². The molecule has 0 unspecified atom stereocenters. The number of hydrogen-bond acceptors (Lipinski definition) is 3. The minimum Gasteiger partial charge on any atom is -0.384 e. The topological polar surface area (TPSA) is 54.0 Å². The Hall–Kier alpha value is -1.70. The number of amides is 1. The van der Waals surface area contributed by atoms with Gasteiger partial charge in [-0.25, -0.2) is 9.37 Å². The number of carbonyl (C=O) groups excluding carboxylic acids is 1. The first-order valence-electron chi connectivity index (χ1n) is 6.56. The standard InChI is InChI=1S/C15H15FIN3O/c1-2-7-18-11-4-6-14(19-9-11)15(21)20-13-5-3-10(16)8-12(13)17/h3-6,8-9,18H,2,7H2,1H3,(H,20,21). The zero-order chi connectivity index (χ0) is 15.2. The van der Waals surface area contributed by atoms with Crippen LogP contribution in [0.25, 0.3) is 0 Å². The van der Waals surface area contributed by atoms with Gasteiger partial charge in [-0.1, -0.05) is 6.92 Å². The summed E-state index contributed by atoms with van der Waals surface area (Å²) < 4.78 is 13.7. The molecule has 0 saturated heterocycles. The van der Waals surface area contributed by atoms with E-state index in [1.54, 1.807) is 12.3 Å². The summed E-state index contributed by atoms with van der Waals surface area (Å²) >= 11 is 1.97. The zero-order valence-electron chi connectivity index (χ0n) is 11.5. The van der Waals surface area contributed by atoms with Gasteiger partial charge in [-0.05, 0) is 59.3 Å². The van der Waals surface area contributed by atoms with E-state index in [4.69, 9.17) is 0 Å². The lowest BCUT2D eigenvalue weighted by atomic mass is 10.2. The minimum atomic E-state index is -0.332. The van der Waals surface area contributed by atoms with Gasteiger partial charge in [0.1, 0.15) is 11.5 Å². The summed E-state index contributed by atoms with van der Waals surface area (Å²) in [5, 5.41) is 5.91. The number of aromatic nitrogens is 1. The van der Waals surface area contributed by atoms with E-state index in [0.29, 0.717) is 15.0 Å². The van der Waals surface area contributed by atoms with Crippen LogP contribution in [0.4, 0.5) is 15.8 Å². The number of benzene rings is 1. The lowest BCUT2D eigenvalue weighted by Gasteiger charge is -2.08. The Bertz CT molecular complexity index is 631. The third kappa shape index (κ3) is 4.38. The van der Waals surface area contributed by atoms with Crippen LogP contribution in [0, 0.1) is 9.39 Å². The fourth-order valence-corrected chi connectivity index (χ4v) is 2.29. The zero-order valence-corrected chi connectivity index (χ0v) is 13.6. The van der Waals surface area contributed by atoms with Gasteiger partial charge in [-0.3, -0.25) is 4.79 Å². The highest BCUT2D eigenvalue weighted by Crippen LogP contribution is 2.19. The predicted octanol–water partition coefficient (Wildman–Crippen LogP) is 3.90. The number of carbonyl (C=O) groups is 1. The summed E-state index contributed by atoms with van der Waals surface area (Å²) in [6.45, 7) is 2.94. The van der Waals surface area contributed by atoms with Crippen molar-refractivity contribution in [3.05, 3.63) is 51.6 Å². The van der Waals surface area contributed by atoms with Crippen molar-refractivity contribution in [1.82, 2.24) is 4.98 Å². The van der Waals surface area contributed by atoms with Gasteiger partial charge in [0.25, 0.3) is 5.91 Å². The molecule has 2 rings (SSSR count). The van der Waals surface area contributed by atoms with Crippen molar-refractivity contribution in [1.29, 1.82) is 0 Å². The molecule has 0 atom stereocenters. The monoisotopic (exact) mass is 399 g/mol. The number of nitrogens with one attached hydrogen (secondary N) is 2. The van der Waals surface area contributed by atoms with E-state index in [-0.39, 0.29) is 11.7 Å². The van der Waals surface area contributed by atoms with E-state index < -0.39 is 0 Å². The number of nitrogens with zero attached hydrogens (tertiary/aromatic N) is 1. The molecule has 21 heavy (non-hydrogen) atoms. The Labute approximate surface area is 136 Å². The van der Waals surface area contributed by atoms with Crippen molar-refractivity contribution < 1.29 is 9.18 Å². The van der Waals surface area contributed by atoms with Crippen LogP contribution in [-0.2, 0) is 0 Å². The number of rotatable bonds is 5. The Kier molecular flexibility index (Phi) is 5.49. The molecule has 0 aliphatic carbocycles. The Morgan fingerprint density at radius 2 is 2.14 bits per heavy atom. The SMILES string of the molecule is CCCNc1ccc(C(=O)Nc2ccc(F)cc2I)nc1. The fraction of sp³-hybridized carbons (Fsp3) is 0.200. The van der Waals surface area contributed by atoms with Crippen molar-refractivity contribution in [3.63, 3.8) is 0 Å². The molecule has 2 N–H and O–H groups in total. The molecular formula is C15H15FIN3O. The maximum absolute atomic E-state index is 13.0. The molecule has 1 aromatic carbocycles. The molecule has 0 aliphatic rings. The van der Waals surface area contributed by atoms with Crippen LogP contribution < -0.4 is 10.6 Å². The third-order valence-electron chi connectivity index (χ3n) is 2.75. The van der Waals surface area contributed by atoms with Gasteiger partial charge in [0, 0.05) is 10.1 Å². The van der Waals surface area contributed by atoms with Crippen molar-refractivity contribution >= 4 is 39.9 Å². The van der Waals surface area contributed by atoms with Crippen LogP contribution in [0.1, 0.15) is 23.8 Å². The Balaban J connectivity index is 2.06. The van der Waals surface area contributed by atoms with E-state index >= 15 is 0 Å². The smallest absolute Gasteiger partial charge is 0.274 e. The van der Waals surface area contributed by atoms with Crippen LogP contribution in [-0.4, -0.2) is 17.4 Å². The lowest BCUT2D eigenvalue weighted by molar-refractivity contribution is 0.102. The van der Waals surface area contributed by atoms with Crippen LogP contribution in [0.5, 0.6) is 0 Å². The maximum atomic E-state index is 13.0. The highest BCUT2D eigenvalue weighted by molar-refractivity contribution is 14.1. The van der Waals surface area contributed by atoms with Gasteiger partial charge < -0.3 is 10.6 Å². The summed E-state index contributed by atoms with van der Waals surface area (Å²) in [4.78, 5) is 16.2. The molecule has 0 saturated carbocycles. The number of anilines is 2. The van der Waals surface area contributed by atoms with Crippen molar-refractivity contribution in [2.75, 3.05) is 17.2 Å². The van der Waals surface area contributed by atoms with Gasteiger partial charge in [-0.15, -0.1) is 0 Å². The molecule has 0 radical (unpaired) electrons. The van der Waals surface area contributed by atoms with E-state index in [9.17, 15) is 9.18 Å². The molecule has 1 heterocycles. The highest BCUT2D eigenvalue weighted by atomic mass is 127. The van der Waals surface area contributed by atoms with Crippen LogP contribution >= 0.6 is 22.6 Å². The van der Waals surface area contributed by atoms with Gasteiger partial charge in [-0.2, -0.15) is 0 Å². The quantitative estimate of drug-likeness (QED) is 0.750. The number of hydrogen-bond donors (Lipinski definition) is 2. The predicted molar refractivity (Wildman–Crippen MR) is 90.1 cm³/mol. The van der Waals surface area contributed by atoms with Crippen LogP contribution in [0.2, 0.25) is 0 Å². The van der Waals surface area contributed by atoms with E-state index in [0.717, 1.165) is 18.7 Å². The second-order valence-corrected chi connectivity index (χ2v) is 5.60. The molecule has 0 spiro atoms. The molecule has 4 nitrogen and oxygen atoms in total. The highest BCUT2D eigenvalue weighted by Gasteiger charge is 2.10. The lowest BCUT2D eigenvalue weighted by Crippen LogP contribution is -2.14. The van der Waals surface area contributed by atoms with Crippen molar-refractivity contribution in [3.8, 4) is 0 Å². The van der Waals surface area contributed by atoms with Crippen LogP contribution in [0.3, 0.4) is 0 Å². The average Bonchev–Trinajstić information content (AvgIpc) is 2.48. The van der Waals surface area contributed by atoms with Gasteiger partial charge in [0.15, 0.2) is 0 Å². The molecular weight excluding hydrogens is 384 g/mol. The second-order valence-electron chi connectivity index (χ2n) is 4.44. The molecule has 1 aromatic heterocycles. The minimum absolute atomic E-state index is 0.317. The first-order chi connectivity index (χ1) is 10.1. The molecule has 0 fully saturated rings. The van der Waals surface area contributed by atoms with Crippen molar-refractivity contribution in [2.45, 2.75) is 13.3 Å². The van der Waals surface area contributed by atoms with E-state index in [1.807, 2.05) is 28.7 Å². The Morgan fingerprint density at radius 3 is 2.76 bits per heavy atom. The van der Waals surface area contributed by atoms with Crippen LogP contribution in [0.15, 0.2) is 36.5 Å². The number of halogens is 2. The summed E-state index contributed by atoms with van der Waals surface area (Å²) in [6.07, 6.45) is 2.64.